The van der Waals surface area contributed by atoms with Gasteiger partial charge in [0.2, 0.25) is 0 Å². The van der Waals surface area contributed by atoms with Gasteiger partial charge in [-0.25, -0.2) is 0 Å². The number of benzene rings is 2. The van der Waals surface area contributed by atoms with Gasteiger partial charge >= 0.3 is 0 Å². The van der Waals surface area contributed by atoms with Gasteiger partial charge in [0.05, 0.1) is 0 Å². The predicted molar refractivity (Wildman–Crippen MR) is 266 cm³/mol. The van der Waals surface area contributed by atoms with Crippen LogP contribution in [0.1, 0.15) is 140 Å². The van der Waals surface area contributed by atoms with E-state index in [1.165, 1.54) is 63.1 Å². The summed E-state index contributed by atoms with van der Waals surface area (Å²) in [5, 5.41) is 26.9. The third-order valence-electron chi connectivity index (χ3n) is 6.77. The topological polar surface area (TPSA) is 193 Å². The highest BCUT2D eigenvalue weighted by atomic mass is 16.2. The highest BCUT2D eigenvalue weighted by Crippen LogP contribution is 2.03. The molecule has 2 heterocycles. The Morgan fingerprint density at radius 1 is 0.712 bits per heavy atom. The lowest BCUT2D eigenvalue weighted by Gasteiger charge is -2.15. The molecular weight excluding hydrogens is 735 g/mol. The zero-order valence-corrected chi connectivity index (χ0v) is 40.0. The Morgan fingerprint density at radius 2 is 1.17 bits per heavy atom. The van der Waals surface area contributed by atoms with Crippen LogP contribution in [-0.4, -0.2) is 102 Å². The minimum absolute atomic E-state index is 0.0161. The van der Waals surface area contributed by atoms with Crippen LogP contribution in [0.3, 0.4) is 0 Å². The molecule has 59 heavy (non-hydrogen) atoms. The van der Waals surface area contributed by atoms with E-state index in [-0.39, 0.29) is 24.7 Å². The van der Waals surface area contributed by atoms with Crippen molar-refractivity contribution in [2.75, 3.05) is 74.1 Å². The van der Waals surface area contributed by atoms with E-state index in [1.807, 2.05) is 76.7 Å². The van der Waals surface area contributed by atoms with Crippen LogP contribution in [0.2, 0.25) is 11.3 Å². The van der Waals surface area contributed by atoms with E-state index in [9.17, 15) is 0 Å². The molecule has 0 aliphatic carbocycles. The molecule has 0 saturated carbocycles. The number of piperidine rings is 1. The minimum Gasteiger partial charge on any atom is -0.400 e. The molecule has 12 heteroatoms. The first-order valence-corrected chi connectivity index (χ1v) is 21.6. The fraction of sp³-hybridized carbons (Fsp3) is 0.681. The second-order valence-electron chi connectivity index (χ2n) is 12.5. The van der Waals surface area contributed by atoms with Gasteiger partial charge in [-0.2, -0.15) is 0 Å². The SMILES string of the molecule is CCC.CCC.CO.[2H]C(C)CCc1ccccc1.[2H]C(C)Cc1ccccc1.[2H]N1CCCC1.[2H]N1CCCCC1.[2H]N=C(N([2H])C)N(C)CC.[2H]N=C(NCC)N([2H])C.[2H]N=C(N[2H])NCC. The van der Waals surface area contributed by atoms with Crippen molar-refractivity contribution in [3.8, 4) is 0 Å². The fourth-order valence-corrected chi connectivity index (χ4v) is 3.82. The Labute approximate surface area is 380 Å². The first-order valence-electron chi connectivity index (χ1n) is 26.4. The molecule has 0 bridgehead atoms. The van der Waals surface area contributed by atoms with Crippen molar-refractivity contribution in [2.45, 2.75) is 139 Å². The summed E-state index contributed by atoms with van der Waals surface area (Å²) in [6, 6.07) is 20.5. The Hall–Kier alpha value is -3.87. The molecule has 0 amide bonds. The van der Waals surface area contributed by atoms with Gasteiger partial charge in [-0.15, -0.1) is 0 Å². The molecule has 2 aromatic rings. The quantitative estimate of drug-likeness (QED) is 0.0913. The third kappa shape index (κ3) is 69.1. The molecule has 12 N–H and O–H groups in total. The zero-order valence-electron chi connectivity index (χ0n) is 50.0. The number of guanidine groups is 3. The van der Waals surface area contributed by atoms with Crippen molar-refractivity contribution in [2.24, 2.45) is 5.73 Å². The van der Waals surface area contributed by atoms with E-state index in [0.717, 1.165) is 69.7 Å². The van der Waals surface area contributed by atoms with Gasteiger partial charge in [0.15, 0.2) is 26.3 Å². The molecule has 2 aliphatic rings. The summed E-state index contributed by atoms with van der Waals surface area (Å²) < 4.78 is 69.0. The van der Waals surface area contributed by atoms with Crippen LogP contribution in [-0.2, 0) is 12.8 Å². The molecule has 2 aromatic carbocycles. The lowest BCUT2D eigenvalue weighted by Crippen LogP contribution is -2.35. The normalized spacial score (nSPS) is 16.3. The zero-order chi connectivity index (χ0) is 54.3. The predicted octanol–water partition coefficient (Wildman–Crippen LogP) is 8.57. The van der Waals surface area contributed by atoms with Crippen LogP contribution >= 0.6 is 0 Å². The van der Waals surface area contributed by atoms with Gasteiger partial charge in [-0.3, -0.25) is 16.2 Å². The minimum atomic E-state index is 0.0161. The molecule has 348 valence electrons. The molecular formula is C47H99N11O. The average molecular weight is 844 g/mol. The molecule has 2 aliphatic heterocycles. The van der Waals surface area contributed by atoms with Gasteiger partial charge in [0.1, 0.15) is 2.82 Å². The summed E-state index contributed by atoms with van der Waals surface area (Å²) >= 11 is 0. The van der Waals surface area contributed by atoms with E-state index in [2.05, 4.69) is 78.8 Å². The van der Waals surface area contributed by atoms with Crippen molar-refractivity contribution in [1.82, 2.24) is 36.8 Å². The Balaban J connectivity index is -0.000000164. The van der Waals surface area contributed by atoms with E-state index < -0.39 is 0 Å². The summed E-state index contributed by atoms with van der Waals surface area (Å²) in [7, 11) is 5.84. The van der Waals surface area contributed by atoms with Crippen LogP contribution in [0.5, 0.6) is 0 Å². The van der Waals surface area contributed by atoms with Crippen LogP contribution in [0, 0.1) is 16.2 Å². The van der Waals surface area contributed by atoms with Crippen molar-refractivity contribution < 1.29 is 19.1 Å². The summed E-state index contributed by atoms with van der Waals surface area (Å²) in [6.45, 7) is 24.1. The number of nitrogens with zero attached hydrogens (tertiary/aromatic N) is 1. The molecule has 0 aromatic heterocycles. The monoisotopic (exact) mass is 844 g/mol. The fourth-order valence-electron chi connectivity index (χ4n) is 3.82. The van der Waals surface area contributed by atoms with Crippen LogP contribution in [0.15, 0.2) is 60.7 Å². The molecule has 12 nitrogen and oxygen atoms in total. The Morgan fingerprint density at radius 3 is 1.39 bits per heavy atom. The highest BCUT2D eigenvalue weighted by molar-refractivity contribution is 5.76. The van der Waals surface area contributed by atoms with E-state index >= 15 is 0 Å². The first kappa shape index (κ1) is 46.2. The second kappa shape index (κ2) is 63.3. The molecule has 2 saturated heterocycles. The maximum atomic E-state index is 7.33. The van der Waals surface area contributed by atoms with Crippen LogP contribution < -0.4 is 37.6 Å². The number of hydrogen-bond donors (Lipinski definition) is 11. The number of nitrogens with two attached hydrogens (primary N) is 1. The first-order chi connectivity index (χ1) is 32.9. The number of aliphatic hydroxyl groups is 1. The van der Waals surface area contributed by atoms with Crippen LogP contribution in [0.25, 0.3) is 0 Å². The Kier molecular flexibility index (Phi) is 49.6. The maximum absolute atomic E-state index is 7.33. The van der Waals surface area contributed by atoms with Gasteiger partial charge in [0.25, 0.3) is 0 Å². The molecule has 2 unspecified atom stereocenters. The molecule has 0 radical (unpaired) electrons. The standard InChI is InChI=1S/C10H14.C9H12.C5H13N3.C5H11N.C4H11N3.C4H9N.C3H9N3.2C3H8.CH4O/c1-2-3-7-10-8-5-4-6-9-10;1-2-6-9-7-4-3-5-8-9;1-4-8(3)5(6)7-2;1-2-4-6-5-3-1;1-3-7-4(5)6-2;1-2-4-5-3-1;1-2-6-3(4)5;2*1-3-2;1-2/h4-6,8-9H,2-3,7H2,1H3;3-5,7-8H,2,6H2,1H3;4H2,1-3H3,(H2,6,7);6H,1-5H2;3H2,1-2H3,(H3,5,6,7);5H,1-4H2;2H2,1H3,(H4,4,5,6);2*3H2,1-2H3;2H,1H3/i2*2D;;;;;;;;/hD8. The maximum Gasteiger partial charge on any atom is 0.191 e. The van der Waals surface area contributed by atoms with E-state index in [0.29, 0.717) is 19.0 Å². The van der Waals surface area contributed by atoms with Gasteiger partial charge < -0.3 is 47.6 Å². The summed E-state index contributed by atoms with van der Waals surface area (Å²) in [5.41, 5.74) is 4.55. The lowest BCUT2D eigenvalue weighted by molar-refractivity contribution is 0.399. The van der Waals surface area contributed by atoms with E-state index in [4.69, 9.17) is 19.1 Å². The van der Waals surface area contributed by atoms with Gasteiger partial charge in [-0.05, 0) is 103 Å². The number of aryl methyl sites for hydroxylation is 2. The second-order valence-corrected chi connectivity index (χ2v) is 12.5. The van der Waals surface area contributed by atoms with Crippen molar-refractivity contribution >= 4 is 17.9 Å². The van der Waals surface area contributed by atoms with Crippen molar-refractivity contribution in [3.63, 3.8) is 0 Å². The Bertz CT molecular complexity index is 1360. The van der Waals surface area contributed by atoms with E-state index in [1.54, 1.807) is 29.6 Å². The van der Waals surface area contributed by atoms with Crippen molar-refractivity contribution in [3.05, 3.63) is 71.8 Å². The average Bonchev–Trinajstić information content (AvgIpc) is 3.83. The lowest BCUT2D eigenvalue weighted by atomic mass is 10.1. The highest BCUT2D eigenvalue weighted by Gasteiger charge is 1.95. The summed E-state index contributed by atoms with van der Waals surface area (Å²) in [4.78, 5) is 1.72. The smallest absolute Gasteiger partial charge is 0.191 e. The number of hydrogen-bond acceptors (Lipinski definition) is 6. The molecule has 0 spiro atoms. The molecule has 4 rings (SSSR count). The van der Waals surface area contributed by atoms with Gasteiger partial charge in [0, 0.05) is 50.6 Å². The summed E-state index contributed by atoms with van der Waals surface area (Å²) in [6.07, 6.45) is 11.7. The number of aliphatic hydroxyl groups excluding tert-OH is 1. The van der Waals surface area contributed by atoms with Crippen LogP contribution in [0.4, 0.5) is 0 Å². The molecule has 2 fully saturated rings. The number of nitrogens with one attached hydrogen (secondary N) is 9. The number of rotatable bonds is 8. The van der Waals surface area contributed by atoms with Crippen molar-refractivity contribution in [1.29, 1.82) is 16.2 Å². The largest absolute Gasteiger partial charge is 0.400 e. The summed E-state index contributed by atoms with van der Waals surface area (Å²) in [5.74, 6) is 0.785. The third-order valence-corrected chi connectivity index (χ3v) is 6.77. The molecule has 2 atom stereocenters. The van der Waals surface area contributed by atoms with Gasteiger partial charge in [-0.1, -0.05) is 134 Å².